The molecule has 0 aliphatic carbocycles. The zero-order valence-electron chi connectivity index (χ0n) is 18.2. The number of pyridine rings is 1. The van der Waals surface area contributed by atoms with Crippen molar-refractivity contribution in [2.45, 2.75) is 32.9 Å². The lowest BCUT2D eigenvalue weighted by Crippen LogP contribution is -2.41. The summed E-state index contributed by atoms with van der Waals surface area (Å²) in [5.41, 5.74) is 2.81. The molecule has 0 spiro atoms. The number of hydrogen-bond acceptors (Lipinski definition) is 6. The molecule has 0 bridgehead atoms. The van der Waals surface area contributed by atoms with Crippen molar-refractivity contribution in [2.24, 2.45) is 0 Å². The summed E-state index contributed by atoms with van der Waals surface area (Å²) in [5.74, 6) is 0.596. The van der Waals surface area contributed by atoms with E-state index in [0.29, 0.717) is 18.3 Å². The minimum atomic E-state index is -0.775. The van der Waals surface area contributed by atoms with Gasteiger partial charge in [0.15, 0.2) is 5.82 Å². The number of nitrogens with zero attached hydrogens (tertiary/aromatic N) is 5. The van der Waals surface area contributed by atoms with Crippen LogP contribution in [-0.4, -0.2) is 30.8 Å². The van der Waals surface area contributed by atoms with E-state index in [4.69, 9.17) is 9.62 Å². The van der Waals surface area contributed by atoms with Gasteiger partial charge in [0.2, 0.25) is 11.8 Å². The minimum absolute atomic E-state index is 0.273. The van der Waals surface area contributed by atoms with Crippen molar-refractivity contribution in [1.82, 2.24) is 30.2 Å². The van der Waals surface area contributed by atoms with Crippen LogP contribution in [0.25, 0.3) is 17.3 Å². The lowest BCUT2D eigenvalue weighted by Gasteiger charge is -2.21. The maximum absolute atomic E-state index is 12.6. The van der Waals surface area contributed by atoms with Crippen molar-refractivity contribution in [3.05, 3.63) is 90.0 Å². The number of hydrogen-bond donors (Lipinski definition) is 1. The molecule has 3 heterocycles. The zero-order valence-corrected chi connectivity index (χ0v) is 18.2. The van der Waals surface area contributed by atoms with Gasteiger partial charge < -0.3 is 9.84 Å². The van der Waals surface area contributed by atoms with Crippen LogP contribution < -0.4 is 5.32 Å². The summed E-state index contributed by atoms with van der Waals surface area (Å²) in [6.45, 7) is 5.98. The summed E-state index contributed by atoms with van der Waals surface area (Å²) in [6.07, 6.45) is 8.64. The highest BCUT2D eigenvalue weighted by Crippen LogP contribution is 2.23. The average molecular weight is 428 g/mol. The van der Waals surface area contributed by atoms with Crippen molar-refractivity contribution in [3.63, 3.8) is 0 Å². The molecule has 8 heteroatoms. The number of amides is 1. The molecular weight excluding hydrogens is 404 g/mol. The Kier molecular flexibility index (Phi) is 5.93. The van der Waals surface area contributed by atoms with Gasteiger partial charge in [-0.2, -0.15) is 10.1 Å². The summed E-state index contributed by atoms with van der Waals surface area (Å²) in [5, 5.41) is 11.6. The molecule has 3 aromatic heterocycles. The van der Waals surface area contributed by atoms with E-state index in [0.717, 1.165) is 22.4 Å². The van der Waals surface area contributed by atoms with E-state index in [-0.39, 0.29) is 5.91 Å². The number of rotatable bonds is 7. The smallest absolute Gasteiger partial charge is 0.244 e. The first-order valence-corrected chi connectivity index (χ1v) is 10.2. The van der Waals surface area contributed by atoms with Crippen LogP contribution in [0.3, 0.4) is 0 Å². The largest absolute Gasteiger partial charge is 0.340 e. The molecule has 0 saturated heterocycles. The van der Waals surface area contributed by atoms with E-state index >= 15 is 0 Å². The average Bonchev–Trinajstić information content (AvgIpc) is 3.40. The summed E-state index contributed by atoms with van der Waals surface area (Å²) < 4.78 is 6.89. The molecule has 0 fully saturated rings. The number of aryl methyl sites for hydroxylation is 1. The molecule has 0 unspecified atom stereocenters. The number of benzene rings is 1. The van der Waals surface area contributed by atoms with Gasteiger partial charge in [0, 0.05) is 42.7 Å². The van der Waals surface area contributed by atoms with E-state index in [2.05, 4.69) is 32.6 Å². The summed E-state index contributed by atoms with van der Waals surface area (Å²) in [6, 6.07) is 13.9. The molecule has 4 rings (SSSR count). The quantitative estimate of drug-likeness (QED) is 0.450. The summed E-state index contributed by atoms with van der Waals surface area (Å²) in [4.78, 5) is 21.0. The number of carbonyl (C=O) groups excluding carboxylic acids is 1. The van der Waals surface area contributed by atoms with Crippen molar-refractivity contribution >= 4 is 12.0 Å². The molecule has 4 aromatic rings. The monoisotopic (exact) mass is 428 g/mol. The van der Waals surface area contributed by atoms with Crippen LogP contribution in [-0.2, 0) is 16.9 Å². The highest BCUT2D eigenvalue weighted by molar-refractivity contribution is 5.93. The second-order valence-corrected chi connectivity index (χ2v) is 7.94. The van der Waals surface area contributed by atoms with Gasteiger partial charge in [0.05, 0.1) is 12.1 Å². The fourth-order valence-corrected chi connectivity index (χ4v) is 3.26. The first kappa shape index (κ1) is 21.2. The predicted molar refractivity (Wildman–Crippen MR) is 120 cm³/mol. The molecule has 1 N–H and O–H groups in total. The first-order valence-electron chi connectivity index (χ1n) is 10.2. The first-order chi connectivity index (χ1) is 15.4. The molecule has 0 saturated carbocycles. The van der Waals surface area contributed by atoms with Crippen LogP contribution >= 0.6 is 0 Å². The van der Waals surface area contributed by atoms with E-state index in [1.807, 2.05) is 55.1 Å². The van der Waals surface area contributed by atoms with Crippen LogP contribution in [0.1, 0.15) is 36.7 Å². The normalized spacial score (nSPS) is 11.7. The molecule has 8 nitrogen and oxygen atoms in total. The van der Waals surface area contributed by atoms with E-state index in [1.54, 1.807) is 25.4 Å². The summed E-state index contributed by atoms with van der Waals surface area (Å²) >= 11 is 0. The Morgan fingerprint density at radius 2 is 2.00 bits per heavy atom. The van der Waals surface area contributed by atoms with Gasteiger partial charge in [-0.05, 0) is 37.6 Å². The Bertz CT molecular complexity index is 1230. The highest BCUT2D eigenvalue weighted by Gasteiger charge is 2.27. The topological polar surface area (TPSA) is 98.7 Å². The Labute approximate surface area is 186 Å². The summed E-state index contributed by atoms with van der Waals surface area (Å²) in [7, 11) is 0. The van der Waals surface area contributed by atoms with Crippen LogP contribution in [0.15, 0.2) is 71.7 Å². The van der Waals surface area contributed by atoms with Gasteiger partial charge in [-0.25, -0.2) is 0 Å². The Morgan fingerprint density at radius 1 is 1.19 bits per heavy atom. The maximum atomic E-state index is 12.6. The van der Waals surface area contributed by atoms with Gasteiger partial charge in [-0.15, -0.1) is 0 Å². The molecule has 0 aliphatic rings. The Balaban J connectivity index is 1.57. The molecule has 0 aliphatic heterocycles. The third kappa shape index (κ3) is 4.97. The van der Waals surface area contributed by atoms with Crippen molar-refractivity contribution in [3.8, 4) is 11.3 Å². The molecule has 32 heavy (non-hydrogen) atoms. The fraction of sp³-hybridized carbons (Fsp3) is 0.208. The zero-order chi connectivity index (χ0) is 22.6. The van der Waals surface area contributed by atoms with Crippen LogP contribution in [0.5, 0.6) is 0 Å². The van der Waals surface area contributed by atoms with Crippen LogP contribution in [0, 0.1) is 6.92 Å². The lowest BCUT2D eigenvalue weighted by atomic mass is 10.0. The lowest BCUT2D eigenvalue weighted by molar-refractivity contribution is -0.118. The molecule has 162 valence electrons. The second-order valence-electron chi connectivity index (χ2n) is 7.94. The maximum Gasteiger partial charge on any atom is 0.244 e. The second kappa shape index (κ2) is 8.97. The molecule has 0 radical (unpaired) electrons. The van der Waals surface area contributed by atoms with E-state index in [9.17, 15) is 4.79 Å². The SMILES string of the molecule is Cc1nc(C(C)(C)NC(=O)/C=C/c2cn(Cc3ccccc3)nc2-c2cccnc2)no1. The third-order valence-electron chi connectivity index (χ3n) is 4.85. The molecule has 0 atom stereocenters. The van der Waals surface area contributed by atoms with Crippen LogP contribution in [0.4, 0.5) is 0 Å². The highest BCUT2D eigenvalue weighted by atomic mass is 16.5. The Hall–Kier alpha value is -4.07. The van der Waals surface area contributed by atoms with Gasteiger partial charge in [0.1, 0.15) is 5.69 Å². The molecular formula is C24H24N6O2. The molecule has 1 amide bonds. The van der Waals surface area contributed by atoms with Crippen LogP contribution in [0.2, 0.25) is 0 Å². The van der Waals surface area contributed by atoms with Crippen molar-refractivity contribution in [1.29, 1.82) is 0 Å². The number of nitrogens with one attached hydrogen (secondary N) is 1. The van der Waals surface area contributed by atoms with Gasteiger partial charge in [0.25, 0.3) is 0 Å². The van der Waals surface area contributed by atoms with E-state index in [1.165, 1.54) is 6.08 Å². The number of aromatic nitrogens is 5. The third-order valence-corrected chi connectivity index (χ3v) is 4.85. The molecule has 1 aromatic carbocycles. The number of carbonyl (C=O) groups is 1. The van der Waals surface area contributed by atoms with Crippen molar-refractivity contribution in [2.75, 3.05) is 0 Å². The van der Waals surface area contributed by atoms with Gasteiger partial charge >= 0.3 is 0 Å². The fourth-order valence-electron chi connectivity index (χ4n) is 3.26. The van der Waals surface area contributed by atoms with Gasteiger partial charge in [-0.1, -0.05) is 35.5 Å². The predicted octanol–water partition coefficient (Wildman–Crippen LogP) is 3.75. The Morgan fingerprint density at radius 3 is 2.69 bits per heavy atom. The van der Waals surface area contributed by atoms with Crippen molar-refractivity contribution < 1.29 is 9.32 Å². The minimum Gasteiger partial charge on any atom is -0.340 e. The van der Waals surface area contributed by atoms with Gasteiger partial charge in [-0.3, -0.25) is 14.5 Å². The standard InChI is InChI=1S/C24H24N6O2/c1-17-26-23(29-32-17)24(2,3)27-21(31)12-11-20-16-30(15-18-8-5-4-6-9-18)28-22(20)19-10-7-13-25-14-19/h4-14,16H,15H2,1-3H3,(H,27,31)/b12-11+. The van der Waals surface area contributed by atoms with E-state index < -0.39 is 5.54 Å².